The van der Waals surface area contributed by atoms with Crippen LogP contribution in [0.3, 0.4) is 0 Å². The molecule has 2 aromatic rings. The highest BCUT2D eigenvalue weighted by Crippen LogP contribution is 2.39. The molecule has 0 aromatic carbocycles. The number of nitrogens with one attached hydrogen (secondary N) is 2. The molecule has 4 rings (SSSR count). The van der Waals surface area contributed by atoms with Gasteiger partial charge in [-0.25, -0.2) is 13.8 Å². The third kappa shape index (κ3) is 4.50. The maximum Gasteiger partial charge on any atom is 0.248 e. The Kier molecular flexibility index (Phi) is 5.61. The summed E-state index contributed by atoms with van der Waals surface area (Å²) in [5.74, 6) is -1.68. The number of aromatic nitrogens is 3. The minimum Gasteiger partial charge on any atom is -0.366 e. The highest BCUT2D eigenvalue weighted by molar-refractivity contribution is 6.04. The molecule has 2 atom stereocenters. The van der Waals surface area contributed by atoms with Gasteiger partial charge in [-0.3, -0.25) is 9.48 Å². The van der Waals surface area contributed by atoms with Crippen LogP contribution in [0.1, 0.15) is 44.4 Å². The molecule has 1 fully saturated rings. The molecule has 9 heteroatoms. The number of alkyl halides is 2. The van der Waals surface area contributed by atoms with Crippen molar-refractivity contribution in [3.63, 3.8) is 0 Å². The lowest BCUT2D eigenvalue weighted by Gasteiger charge is -2.38. The van der Waals surface area contributed by atoms with Crippen LogP contribution in [0.15, 0.2) is 18.5 Å². The van der Waals surface area contributed by atoms with E-state index in [2.05, 4.69) is 20.7 Å². The molecule has 1 aliphatic carbocycles. The zero-order valence-corrected chi connectivity index (χ0v) is 18.5. The second kappa shape index (κ2) is 8.09. The molecule has 2 aromatic heterocycles. The standard InChI is InChI=1S/C22H30F2N6O/c1-13(2)20-21(31)28-19-14(3)27-18(7-17(19)29(20)4)25-9-16-10-26-30(12-16)11-15-5-6-22(23,24)8-15/h7,10,12-13,15,20H,5-6,8-9,11H2,1-4H3,(H,25,27)(H,28,31)/t15-,20+/m1/s1. The minimum absolute atomic E-state index is 0.0111. The van der Waals surface area contributed by atoms with E-state index in [1.54, 1.807) is 10.9 Å². The molecule has 1 amide bonds. The van der Waals surface area contributed by atoms with Crippen LogP contribution in [0.25, 0.3) is 0 Å². The average Bonchev–Trinajstić information content (AvgIpc) is 3.26. The lowest BCUT2D eigenvalue weighted by molar-refractivity contribution is -0.118. The minimum atomic E-state index is -2.53. The molecule has 31 heavy (non-hydrogen) atoms. The van der Waals surface area contributed by atoms with E-state index in [-0.39, 0.29) is 36.6 Å². The molecular formula is C22H30F2N6O. The van der Waals surface area contributed by atoms with Crippen LogP contribution in [-0.4, -0.2) is 39.7 Å². The molecule has 0 radical (unpaired) electrons. The van der Waals surface area contributed by atoms with Gasteiger partial charge in [0, 0.05) is 50.8 Å². The van der Waals surface area contributed by atoms with Crippen molar-refractivity contribution in [3.05, 3.63) is 29.7 Å². The number of fused-ring (bicyclic) bond motifs is 1. The van der Waals surface area contributed by atoms with Crippen molar-refractivity contribution in [1.82, 2.24) is 14.8 Å². The van der Waals surface area contributed by atoms with Crippen molar-refractivity contribution in [2.45, 2.75) is 65.1 Å². The number of rotatable bonds is 6. The average molecular weight is 433 g/mol. The van der Waals surface area contributed by atoms with Crippen LogP contribution in [-0.2, 0) is 17.9 Å². The summed E-state index contributed by atoms with van der Waals surface area (Å²) in [5.41, 5.74) is 3.39. The van der Waals surface area contributed by atoms with E-state index in [0.717, 1.165) is 22.6 Å². The number of halogens is 2. The van der Waals surface area contributed by atoms with Crippen molar-refractivity contribution in [2.24, 2.45) is 11.8 Å². The Morgan fingerprint density at radius 1 is 1.39 bits per heavy atom. The van der Waals surface area contributed by atoms with E-state index in [4.69, 9.17) is 0 Å². The molecule has 2 N–H and O–H groups in total. The van der Waals surface area contributed by atoms with Crippen LogP contribution >= 0.6 is 0 Å². The summed E-state index contributed by atoms with van der Waals surface area (Å²) in [6.07, 6.45) is 4.12. The van der Waals surface area contributed by atoms with Gasteiger partial charge in [0.2, 0.25) is 11.8 Å². The number of anilines is 3. The van der Waals surface area contributed by atoms with E-state index in [1.807, 2.05) is 45.0 Å². The Morgan fingerprint density at radius 2 is 2.16 bits per heavy atom. The summed E-state index contributed by atoms with van der Waals surface area (Å²) in [5, 5.41) is 10.7. The number of hydrogen-bond acceptors (Lipinski definition) is 5. The third-order valence-corrected chi connectivity index (χ3v) is 6.24. The van der Waals surface area contributed by atoms with E-state index < -0.39 is 5.92 Å². The second-order valence-corrected chi connectivity index (χ2v) is 9.16. The molecule has 1 aliphatic heterocycles. The van der Waals surface area contributed by atoms with Gasteiger partial charge in [0.1, 0.15) is 11.9 Å². The van der Waals surface area contributed by atoms with Crippen molar-refractivity contribution in [2.75, 3.05) is 22.6 Å². The first-order valence-corrected chi connectivity index (χ1v) is 10.8. The van der Waals surface area contributed by atoms with Gasteiger partial charge < -0.3 is 15.5 Å². The largest absolute Gasteiger partial charge is 0.366 e. The Labute approximate surface area is 181 Å². The van der Waals surface area contributed by atoms with Gasteiger partial charge in [-0.2, -0.15) is 5.10 Å². The fourth-order valence-electron chi connectivity index (χ4n) is 4.70. The number of carbonyl (C=O) groups is 1. The molecular weight excluding hydrogens is 402 g/mol. The topological polar surface area (TPSA) is 75.1 Å². The van der Waals surface area contributed by atoms with E-state index >= 15 is 0 Å². The van der Waals surface area contributed by atoms with Gasteiger partial charge in [-0.15, -0.1) is 0 Å². The SMILES string of the molecule is Cc1nc(NCc2cnn(C[C@@H]3CCC(F)(F)C3)c2)cc2c1NC(=O)[C@H](C(C)C)N2C. The van der Waals surface area contributed by atoms with Crippen LogP contribution < -0.4 is 15.5 Å². The van der Waals surface area contributed by atoms with Crippen molar-refractivity contribution < 1.29 is 13.6 Å². The van der Waals surface area contributed by atoms with Crippen LogP contribution in [0, 0.1) is 18.8 Å². The molecule has 0 spiro atoms. The first-order chi connectivity index (χ1) is 14.6. The normalized spacial score (nSPS) is 22.5. The Balaban J connectivity index is 1.43. The van der Waals surface area contributed by atoms with Gasteiger partial charge in [-0.05, 0) is 25.2 Å². The zero-order valence-electron chi connectivity index (χ0n) is 18.5. The molecule has 0 unspecified atom stereocenters. The Bertz CT molecular complexity index is 973. The third-order valence-electron chi connectivity index (χ3n) is 6.24. The van der Waals surface area contributed by atoms with Gasteiger partial charge in [0.05, 0.1) is 23.3 Å². The summed E-state index contributed by atoms with van der Waals surface area (Å²) >= 11 is 0. The van der Waals surface area contributed by atoms with E-state index in [1.165, 1.54) is 0 Å². The van der Waals surface area contributed by atoms with E-state index in [0.29, 0.717) is 25.3 Å². The summed E-state index contributed by atoms with van der Waals surface area (Å²) in [6, 6.07) is 1.71. The highest BCUT2D eigenvalue weighted by atomic mass is 19.3. The number of likely N-dealkylation sites (N-methyl/N-ethyl adjacent to an activating group) is 1. The monoisotopic (exact) mass is 432 g/mol. The molecule has 3 heterocycles. The fraction of sp³-hybridized carbons (Fsp3) is 0.591. The highest BCUT2D eigenvalue weighted by Gasteiger charge is 2.39. The number of hydrogen-bond donors (Lipinski definition) is 2. The number of amides is 1. The first-order valence-electron chi connectivity index (χ1n) is 10.8. The maximum atomic E-state index is 13.4. The summed E-state index contributed by atoms with van der Waals surface area (Å²) in [4.78, 5) is 19.1. The molecule has 168 valence electrons. The quantitative estimate of drug-likeness (QED) is 0.720. The second-order valence-electron chi connectivity index (χ2n) is 9.16. The fourth-order valence-corrected chi connectivity index (χ4v) is 4.70. The molecule has 0 saturated heterocycles. The summed E-state index contributed by atoms with van der Waals surface area (Å²) < 4.78 is 28.6. The van der Waals surface area contributed by atoms with Crippen LogP contribution in [0.5, 0.6) is 0 Å². The van der Waals surface area contributed by atoms with E-state index in [9.17, 15) is 13.6 Å². The molecule has 1 saturated carbocycles. The summed E-state index contributed by atoms with van der Waals surface area (Å²) in [7, 11) is 1.93. The van der Waals surface area contributed by atoms with Crippen molar-refractivity contribution in [3.8, 4) is 0 Å². The number of pyridine rings is 1. The van der Waals surface area contributed by atoms with Crippen molar-refractivity contribution in [1.29, 1.82) is 0 Å². The van der Waals surface area contributed by atoms with Crippen LogP contribution in [0.2, 0.25) is 0 Å². The Morgan fingerprint density at radius 3 is 2.84 bits per heavy atom. The van der Waals surface area contributed by atoms with Gasteiger partial charge in [-0.1, -0.05) is 13.8 Å². The number of aryl methyl sites for hydroxylation is 1. The smallest absolute Gasteiger partial charge is 0.248 e. The van der Waals surface area contributed by atoms with Crippen LogP contribution in [0.4, 0.5) is 26.0 Å². The van der Waals surface area contributed by atoms with Gasteiger partial charge in [0.15, 0.2) is 0 Å². The first kappa shape index (κ1) is 21.5. The number of nitrogens with zero attached hydrogens (tertiary/aromatic N) is 4. The zero-order chi connectivity index (χ0) is 22.3. The maximum absolute atomic E-state index is 13.4. The number of carbonyl (C=O) groups excluding carboxylic acids is 1. The van der Waals surface area contributed by atoms with Crippen molar-refractivity contribution >= 4 is 23.1 Å². The summed E-state index contributed by atoms with van der Waals surface area (Å²) in [6.45, 7) is 6.98. The molecule has 7 nitrogen and oxygen atoms in total. The lowest BCUT2D eigenvalue weighted by atomic mass is 9.98. The molecule has 2 aliphatic rings. The van der Waals surface area contributed by atoms with Gasteiger partial charge >= 0.3 is 0 Å². The van der Waals surface area contributed by atoms with Gasteiger partial charge in [0.25, 0.3) is 0 Å². The predicted molar refractivity (Wildman–Crippen MR) is 116 cm³/mol. The lowest BCUT2D eigenvalue weighted by Crippen LogP contribution is -2.49. The Hall–Kier alpha value is -2.71. The molecule has 0 bridgehead atoms. The predicted octanol–water partition coefficient (Wildman–Crippen LogP) is 4.05.